The van der Waals surface area contributed by atoms with Gasteiger partial charge < -0.3 is 63.4 Å². The Labute approximate surface area is 413 Å². The molecule has 0 aromatic heterocycles. The van der Waals surface area contributed by atoms with E-state index >= 15 is 0 Å². The van der Waals surface area contributed by atoms with Gasteiger partial charge in [0.1, 0.15) is 42.3 Å². The molecular weight excluding hydrogens is 921 g/mol. The van der Waals surface area contributed by atoms with E-state index in [4.69, 9.17) is 11.5 Å². The lowest BCUT2D eigenvalue weighted by atomic mass is 10.00. The van der Waals surface area contributed by atoms with Gasteiger partial charge in [-0.05, 0) is 81.9 Å². The molecule has 0 aliphatic carbocycles. The molecule has 388 valence electrons. The fourth-order valence-corrected chi connectivity index (χ4v) is 8.59. The van der Waals surface area contributed by atoms with Crippen LogP contribution in [0.5, 0.6) is 0 Å². The van der Waals surface area contributed by atoms with E-state index in [9.17, 15) is 58.2 Å². The minimum absolute atomic E-state index is 0.0499. The van der Waals surface area contributed by atoms with Gasteiger partial charge in [-0.25, -0.2) is 4.79 Å². The molecule has 22 nitrogen and oxygen atoms in total. The van der Waals surface area contributed by atoms with Crippen LogP contribution in [0.2, 0.25) is 0 Å². The minimum Gasteiger partial charge on any atom is -0.481 e. The average Bonchev–Trinajstić information content (AvgIpc) is 4.04. The molecule has 2 aliphatic rings. The summed E-state index contributed by atoms with van der Waals surface area (Å²) in [6.45, 7) is 4.95. The predicted octanol–water partition coefficient (Wildman–Crippen LogP) is -0.924. The molecule has 2 aromatic rings. The SMILES string of the molecule is CC(C)[C@H](NC(=O)[C@H](CCC(=O)O)NC(=O)[C@@H]1CCCN1C(=O)[C@H](Cc1ccccc1)NC(=O)[C@@H]1CCCN1C(=O)[C@H](C)N)C(=O)N[C@@H](Cc1ccccc1)C(=O)NCC(=O)N[C@@H](CCCCN)C(=O)O. The van der Waals surface area contributed by atoms with Crippen molar-refractivity contribution in [1.29, 1.82) is 0 Å². The molecule has 0 bridgehead atoms. The molecule has 2 saturated heterocycles. The Bertz CT molecular complexity index is 2180. The number of hydrogen-bond donors (Lipinski definition) is 10. The Morgan fingerprint density at radius 1 is 0.620 bits per heavy atom. The van der Waals surface area contributed by atoms with Crippen LogP contribution in [0.15, 0.2) is 60.7 Å². The first kappa shape index (κ1) is 56.6. The summed E-state index contributed by atoms with van der Waals surface area (Å²) in [5.41, 5.74) is 12.7. The molecule has 71 heavy (non-hydrogen) atoms. The van der Waals surface area contributed by atoms with Gasteiger partial charge in [0.15, 0.2) is 0 Å². The van der Waals surface area contributed by atoms with Crippen molar-refractivity contribution in [2.45, 2.75) is 140 Å². The quantitative estimate of drug-likeness (QED) is 0.0484. The van der Waals surface area contributed by atoms with Gasteiger partial charge in [0.05, 0.1) is 12.6 Å². The Morgan fingerprint density at radius 2 is 1.15 bits per heavy atom. The third kappa shape index (κ3) is 17.5. The standard InChI is InChI=1S/C49H70N10O12/c1-29(2)41(46(67)55-35(26-31-14-6-4-7-15-31)42(63)52-28-39(60)53-34(49(70)71)18-10-11-23-50)57-43(64)33(21-22-40(61)62)54-44(65)38-20-13-25-59(38)48(69)36(27-32-16-8-5-9-17-32)56-45(66)37-19-12-24-58(37)47(68)30(3)51/h4-9,14-17,29-30,33-38,41H,10-13,18-28,50-51H2,1-3H3,(H,52,63)(H,53,60)(H,54,65)(H,55,67)(H,56,66)(H,57,64)(H,61,62)(H,70,71)/t30-,33-,34-,35-,36-,37-,38-,41-/m0/s1. The Hall–Kier alpha value is -6.94. The van der Waals surface area contributed by atoms with Crippen molar-refractivity contribution in [3.05, 3.63) is 71.8 Å². The molecule has 22 heteroatoms. The summed E-state index contributed by atoms with van der Waals surface area (Å²) in [5.74, 6) is -8.74. The molecule has 12 N–H and O–H groups in total. The number of carbonyl (C=O) groups is 10. The molecule has 4 rings (SSSR count). The van der Waals surface area contributed by atoms with Crippen LogP contribution in [-0.4, -0.2) is 154 Å². The molecule has 0 spiro atoms. The van der Waals surface area contributed by atoms with E-state index in [1.807, 2.05) is 0 Å². The molecule has 0 unspecified atom stereocenters. The van der Waals surface area contributed by atoms with Crippen LogP contribution in [0.3, 0.4) is 0 Å². The fraction of sp³-hybridized carbons (Fsp3) is 0.551. The average molecular weight is 991 g/mol. The minimum atomic E-state index is -1.51. The molecular formula is C49H70N10O12. The number of nitrogens with one attached hydrogen (secondary N) is 6. The second-order valence-electron chi connectivity index (χ2n) is 18.4. The van der Waals surface area contributed by atoms with E-state index in [1.54, 1.807) is 74.5 Å². The summed E-state index contributed by atoms with van der Waals surface area (Å²) in [6, 6.07) is 8.20. The first-order valence-electron chi connectivity index (χ1n) is 24.2. The number of nitrogens with two attached hydrogens (primary N) is 2. The van der Waals surface area contributed by atoms with Crippen molar-refractivity contribution in [3.63, 3.8) is 0 Å². The maximum atomic E-state index is 14.5. The van der Waals surface area contributed by atoms with Crippen molar-refractivity contribution in [2.24, 2.45) is 17.4 Å². The Balaban J connectivity index is 1.50. The maximum absolute atomic E-state index is 14.5. The zero-order chi connectivity index (χ0) is 52.2. The van der Waals surface area contributed by atoms with Gasteiger partial charge in [0, 0.05) is 32.4 Å². The highest BCUT2D eigenvalue weighted by Gasteiger charge is 2.42. The first-order valence-corrected chi connectivity index (χ1v) is 24.2. The zero-order valence-corrected chi connectivity index (χ0v) is 40.6. The van der Waals surface area contributed by atoms with Crippen LogP contribution in [0.25, 0.3) is 0 Å². The number of amides is 8. The molecule has 8 atom stereocenters. The normalized spacial score (nSPS) is 17.9. The third-order valence-corrected chi connectivity index (χ3v) is 12.4. The molecule has 8 amide bonds. The molecule has 2 heterocycles. The molecule has 0 radical (unpaired) electrons. The number of likely N-dealkylation sites (tertiary alicyclic amines) is 2. The van der Waals surface area contributed by atoms with Crippen LogP contribution >= 0.6 is 0 Å². The van der Waals surface area contributed by atoms with Crippen molar-refractivity contribution in [2.75, 3.05) is 26.2 Å². The lowest BCUT2D eigenvalue weighted by Crippen LogP contribution is -2.60. The summed E-state index contributed by atoms with van der Waals surface area (Å²) in [5, 5.41) is 34.7. The van der Waals surface area contributed by atoms with Crippen molar-refractivity contribution >= 4 is 59.2 Å². The number of hydrogen-bond acceptors (Lipinski definition) is 12. The number of benzene rings is 2. The number of unbranched alkanes of at least 4 members (excludes halogenated alkanes) is 1. The van der Waals surface area contributed by atoms with Gasteiger partial charge >= 0.3 is 11.9 Å². The third-order valence-electron chi connectivity index (χ3n) is 12.4. The van der Waals surface area contributed by atoms with E-state index in [1.165, 1.54) is 16.7 Å². The van der Waals surface area contributed by atoms with E-state index in [0.717, 1.165) is 0 Å². The summed E-state index contributed by atoms with van der Waals surface area (Å²) in [7, 11) is 0. The van der Waals surface area contributed by atoms with Gasteiger partial charge in [-0.2, -0.15) is 0 Å². The summed E-state index contributed by atoms with van der Waals surface area (Å²) in [4.78, 5) is 136. The lowest BCUT2D eigenvalue weighted by molar-refractivity contribution is -0.144. The monoisotopic (exact) mass is 991 g/mol. The molecule has 2 aliphatic heterocycles. The van der Waals surface area contributed by atoms with Crippen LogP contribution in [0.1, 0.15) is 89.7 Å². The second-order valence-corrected chi connectivity index (χ2v) is 18.4. The second kappa shape index (κ2) is 28.0. The van der Waals surface area contributed by atoms with E-state index in [-0.39, 0.29) is 32.2 Å². The first-order chi connectivity index (χ1) is 33.8. The largest absolute Gasteiger partial charge is 0.481 e. The maximum Gasteiger partial charge on any atom is 0.326 e. The predicted molar refractivity (Wildman–Crippen MR) is 258 cm³/mol. The number of carboxylic acids is 2. The number of aliphatic carboxylic acids is 2. The van der Waals surface area contributed by atoms with Crippen LogP contribution in [-0.2, 0) is 60.8 Å². The van der Waals surface area contributed by atoms with E-state index in [0.29, 0.717) is 56.3 Å². The number of carboxylic acid groups (broad SMARTS) is 2. The lowest BCUT2D eigenvalue weighted by Gasteiger charge is -2.32. The number of carbonyl (C=O) groups excluding carboxylic acids is 8. The Kier molecular flexibility index (Phi) is 22.4. The van der Waals surface area contributed by atoms with Crippen LogP contribution < -0.4 is 43.4 Å². The van der Waals surface area contributed by atoms with Crippen molar-refractivity contribution < 1.29 is 58.2 Å². The molecule has 0 saturated carbocycles. The Morgan fingerprint density at radius 3 is 1.66 bits per heavy atom. The number of rotatable bonds is 27. The highest BCUT2D eigenvalue weighted by molar-refractivity contribution is 5.98. The molecule has 2 aromatic carbocycles. The zero-order valence-electron chi connectivity index (χ0n) is 40.6. The van der Waals surface area contributed by atoms with Crippen LogP contribution in [0, 0.1) is 5.92 Å². The smallest absolute Gasteiger partial charge is 0.326 e. The topological polar surface area (TPSA) is 342 Å². The van der Waals surface area contributed by atoms with E-state index in [2.05, 4.69) is 31.9 Å². The van der Waals surface area contributed by atoms with Crippen LogP contribution in [0.4, 0.5) is 0 Å². The van der Waals surface area contributed by atoms with Gasteiger partial charge in [-0.3, -0.25) is 43.2 Å². The van der Waals surface area contributed by atoms with Gasteiger partial charge in [-0.15, -0.1) is 0 Å². The highest BCUT2D eigenvalue weighted by atomic mass is 16.4. The van der Waals surface area contributed by atoms with Gasteiger partial charge in [-0.1, -0.05) is 74.5 Å². The summed E-state index contributed by atoms with van der Waals surface area (Å²) in [6.07, 6.45) is 1.65. The highest BCUT2D eigenvalue weighted by Crippen LogP contribution is 2.23. The van der Waals surface area contributed by atoms with Crippen molar-refractivity contribution in [3.8, 4) is 0 Å². The fourth-order valence-electron chi connectivity index (χ4n) is 8.59. The van der Waals surface area contributed by atoms with Gasteiger partial charge in [0.2, 0.25) is 47.3 Å². The number of nitrogens with zero attached hydrogens (tertiary/aromatic N) is 2. The van der Waals surface area contributed by atoms with Gasteiger partial charge in [0.25, 0.3) is 0 Å². The summed E-state index contributed by atoms with van der Waals surface area (Å²) >= 11 is 0. The van der Waals surface area contributed by atoms with E-state index < -0.39 is 133 Å². The molecule has 2 fully saturated rings. The van der Waals surface area contributed by atoms with Crippen molar-refractivity contribution in [1.82, 2.24) is 41.7 Å². The summed E-state index contributed by atoms with van der Waals surface area (Å²) < 4.78 is 0.